The van der Waals surface area contributed by atoms with Gasteiger partial charge in [-0.3, -0.25) is 14.9 Å². The van der Waals surface area contributed by atoms with E-state index in [1.165, 1.54) is 11.3 Å². The minimum atomic E-state index is -0.309. The molecule has 7 nitrogen and oxygen atoms in total. The van der Waals surface area contributed by atoms with Crippen molar-refractivity contribution in [2.45, 2.75) is 31.7 Å². The number of rotatable bonds is 5. The zero-order valence-corrected chi connectivity index (χ0v) is 17.5. The summed E-state index contributed by atoms with van der Waals surface area (Å²) in [6.07, 6.45) is 2.54. The number of hydrogen-bond acceptors (Lipinski definition) is 6. The van der Waals surface area contributed by atoms with Crippen LogP contribution in [-0.4, -0.2) is 23.6 Å². The lowest BCUT2D eigenvalue weighted by molar-refractivity contribution is -0.123. The van der Waals surface area contributed by atoms with Crippen molar-refractivity contribution in [1.29, 1.82) is 0 Å². The molecule has 8 heteroatoms. The second-order valence-corrected chi connectivity index (χ2v) is 8.58. The fourth-order valence-corrected chi connectivity index (χ4v) is 4.91. The molecule has 0 saturated heterocycles. The Hall–Kier alpha value is -3.39. The van der Waals surface area contributed by atoms with E-state index in [1.807, 2.05) is 36.4 Å². The Labute approximate surface area is 183 Å². The van der Waals surface area contributed by atoms with Gasteiger partial charge in [0.2, 0.25) is 12.7 Å². The maximum absolute atomic E-state index is 12.9. The van der Waals surface area contributed by atoms with Crippen molar-refractivity contribution in [1.82, 2.24) is 10.3 Å². The van der Waals surface area contributed by atoms with Crippen LogP contribution < -0.4 is 20.1 Å². The van der Waals surface area contributed by atoms with Gasteiger partial charge < -0.3 is 14.8 Å². The van der Waals surface area contributed by atoms with Gasteiger partial charge in [0.05, 0.1) is 11.6 Å². The van der Waals surface area contributed by atoms with Crippen LogP contribution in [0.25, 0.3) is 0 Å². The van der Waals surface area contributed by atoms with Gasteiger partial charge >= 0.3 is 0 Å². The molecule has 158 valence electrons. The van der Waals surface area contributed by atoms with E-state index in [2.05, 4.69) is 15.6 Å². The highest BCUT2D eigenvalue weighted by Gasteiger charge is 2.30. The second kappa shape index (κ2) is 8.39. The zero-order chi connectivity index (χ0) is 21.2. The first-order chi connectivity index (χ1) is 15.2. The Balaban J connectivity index is 1.26. The number of thiazole rings is 1. The van der Waals surface area contributed by atoms with E-state index in [0.29, 0.717) is 23.0 Å². The van der Waals surface area contributed by atoms with Crippen LogP contribution in [0.15, 0.2) is 48.5 Å². The van der Waals surface area contributed by atoms with E-state index in [1.54, 1.807) is 12.1 Å². The Bertz CT molecular complexity index is 1130. The number of ether oxygens (including phenoxy) is 2. The van der Waals surface area contributed by atoms with Crippen molar-refractivity contribution in [3.05, 3.63) is 70.2 Å². The summed E-state index contributed by atoms with van der Waals surface area (Å²) in [5, 5.41) is 6.42. The number of carbonyl (C=O) groups excluding carboxylic acids is 2. The third kappa shape index (κ3) is 4.11. The van der Waals surface area contributed by atoms with E-state index in [0.717, 1.165) is 41.1 Å². The highest BCUT2D eigenvalue weighted by Crippen LogP contribution is 2.37. The number of aryl methyl sites for hydroxylation is 1. The third-order valence-corrected chi connectivity index (χ3v) is 6.48. The van der Waals surface area contributed by atoms with Gasteiger partial charge in [-0.1, -0.05) is 24.3 Å². The quantitative estimate of drug-likeness (QED) is 0.635. The molecule has 0 saturated carbocycles. The summed E-state index contributed by atoms with van der Waals surface area (Å²) in [6, 6.07) is 14.7. The van der Waals surface area contributed by atoms with Crippen LogP contribution in [0.2, 0.25) is 0 Å². The molecule has 2 aromatic carbocycles. The number of anilines is 1. The van der Waals surface area contributed by atoms with Crippen molar-refractivity contribution in [2.75, 3.05) is 12.1 Å². The smallest absolute Gasteiger partial charge is 0.257 e. The van der Waals surface area contributed by atoms with E-state index in [9.17, 15) is 9.59 Å². The lowest BCUT2D eigenvalue weighted by atomic mass is 9.90. The fourth-order valence-electron chi connectivity index (χ4n) is 3.85. The fraction of sp³-hybridized carbons (Fsp3) is 0.261. The summed E-state index contributed by atoms with van der Waals surface area (Å²) in [4.78, 5) is 31.0. The van der Waals surface area contributed by atoms with Gasteiger partial charge in [0, 0.05) is 17.0 Å². The predicted molar refractivity (Wildman–Crippen MR) is 117 cm³/mol. The monoisotopic (exact) mass is 435 g/mol. The number of benzene rings is 2. The molecule has 5 rings (SSSR count). The summed E-state index contributed by atoms with van der Waals surface area (Å²) in [7, 11) is 0. The van der Waals surface area contributed by atoms with Gasteiger partial charge in [-0.15, -0.1) is 11.3 Å². The van der Waals surface area contributed by atoms with Gasteiger partial charge in [0.1, 0.15) is 0 Å². The Morgan fingerprint density at radius 2 is 1.94 bits per heavy atom. The first-order valence-corrected chi connectivity index (χ1v) is 11.0. The molecule has 2 N–H and O–H groups in total. The number of nitrogens with one attached hydrogen (secondary N) is 2. The summed E-state index contributed by atoms with van der Waals surface area (Å²) in [5.74, 6) is 0.862. The third-order valence-electron chi connectivity index (χ3n) is 5.43. The predicted octanol–water partition coefficient (Wildman–Crippen LogP) is 3.86. The van der Waals surface area contributed by atoms with Gasteiger partial charge in [0.15, 0.2) is 16.6 Å². The number of amides is 2. The van der Waals surface area contributed by atoms with Crippen LogP contribution in [0.3, 0.4) is 0 Å². The summed E-state index contributed by atoms with van der Waals surface area (Å²) in [6.45, 7) is 0.631. The van der Waals surface area contributed by atoms with Gasteiger partial charge in [0.25, 0.3) is 5.91 Å². The molecule has 3 aromatic rings. The van der Waals surface area contributed by atoms with Crippen molar-refractivity contribution < 1.29 is 19.1 Å². The highest BCUT2D eigenvalue weighted by molar-refractivity contribution is 7.16. The molecule has 1 atom stereocenters. The SMILES string of the molecule is O=C(Nc1nc2c(s1)CCCC2C(=O)NCc1ccc2c(c1)OCO2)c1ccccc1. The number of hydrogen-bond donors (Lipinski definition) is 2. The molecule has 0 fully saturated rings. The second-order valence-electron chi connectivity index (χ2n) is 7.50. The van der Waals surface area contributed by atoms with Crippen molar-refractivity contribution in [3.8, 4) is 11.5 Å². The topological polar surface area (TPSA) is 89.6 Å². The molecule has 2 aliphatic rings. The molecule has 0 bridgehead atoms. The van der Waals surface area contributed by atoms with Crippen molar-refractivity contribution >= 4 is 28.3 Å². The molecule has 2 amide bonds. The Morgan fingerprint density at radius 1 is 1.10 bits per heavy atom. The van der Waals surface area contributed by atoms with E-state index in [4.69, 9.17) is 9.47 Å². The largest absolute Gasteiger partial charge is 0.454 e. The number of fused-ring (bicyclic) bond motifs is 2. The number of aromatic nitrogens is 1. The Kier molecular flexibility index (Phi) is 5.30. The number of carbonyl (C=O) groups is 2. The van der Waals surface area contributed by atoms with Gasteiger partial charge in [-0.2, -0.15) is 0 Å². The summed E-state index contributed by atoms with van der Waals surface area (Å²) in [5.41, 5.74) is 2.30. The van der Waals surface area contributed by atoms with Crippen LogP contribution >= 0.6 is 11.3 Å². The lowest BCUT2D eigenvalue weighted by Crippen LogP contribution is -2.31. The average molecular weight is 436 g/mol. The summed E-state index contributed by atoms with van der Waals surface area (Å²) >= 11 is 1.45. The maximum atomic E-state index is 12.9. The van der Waals surface area contributed by atoms with Crippen LogP contribution in [-0.2, 0) is 17.8 Å². The molecule has 31 heavy (non-hydrogen) atoms. The van der Waals surface area contributed by atoms with Crippen LogP contribution in [0, 0.1) is 0 Å². The average Bonchev–Trinajstić information content (AvgIpc) is 3.43. The van der Waals surface area contributed by atoms with Gasteiger partial charge in [-0.05, 0) is 49.1 Å². The molecule has 1 aliphatic carbocycles. The highest BCUT2D eigenvalue weighted by atomic mass is 32.1. The lowest BCUT2D eigenvalue weighted by Gasteiger charge is -2.20. The zero-order valence-electron chi connectivity index (χ0n) is 16.7. The molecular weight excluding hydrogens is 414 g/mol. The minimum Gasteiger partial charge on any atom is -0.454 e. The summed E-state index contributed by atoms with van der Waals surface area (Å²) < 4.78 is 10.7. The molecule has 1 aromatic heterocycles. The van der Waals surface area contributed by atoms with E-state index in [-0.39, 0.29) is 24.5 Å². The van der Waals surface area contributed by atoms with Crippen LogP contribution in [0.5, 0.6) is 11.5 Å². The van der Waals surface area contributed by atoms with Gasteiger partial charge in [-0.25, -0.2) is 4.98 Å². The molecule has 1 aliphatic heterocycles. The first-order valence-electron chi connectivity index (χ1n) is 10.2. The number of nitrogens with zero attached hydrogens (tertiary/aromatic N) is 1. The molecule has 0 spiro atoms. The van der Waals surface area contributed by atoms with E-state index >= 15 is 0 Å². The maximum Gasteiger partial charge on any atom is 0.257 e. The van der Waals surface area contributed by atoms with Crippen LogP contribution in [0.1, 0.15) is 45.3 Å². The Morgan fingerprint density at radius 3 is 2.81 bits per heavy atom. The minimum absolute atomic E-state index is 0.0511. The molecular formula is C23H21N3O4S. The normalized spacial score (nSPS) is 16.5. The van der Waals surface area contributed by atoms with E-state index < -0.39 is 0 Å². The molecule has 0 radical (unpaired) electrons. The molecule has 2 heterocycles. The molecule has 1 unspecified atom stereocenters. The van der Waals surface area contributed by atoms with Crippen molar-refractivity contribution in [3.63, 3.8) is 0 Å². The van der Waals surface area contributed by atoms with Crippen molar-refractivity contribution in [2.24, 2.45) is 0 Å². The standard InChI is InChI=1S/C23H21N3O4S/c27-21(15-5-2-1-3-6-15)26-23-25-20-16(7-4-8-19(20)31-23)22(28)24-12-14-9-10-17-18(11-14)30-13-29-17/h1-3,5-6,9-11,16H,4,7-8,12-13H2,(H,24,28)(H,25,26,27). The first kappa shape index (κ1) is 19.6. The van der Waals surface area contributed by atoms with Crippen LogP contribution in [0.4, 0.5) is 5.13 Å².